The minimum absolute atomic E-state index is 0.0146. The summed E-state index contributed by atoms with van der Waals surface area (Å²) in [5.41, 5.74) is 9.12. The molecule has 0 fully saturated rings. The van der Waals surface area contributed by atoms with Crippen molar-refractivity contribution in [3.8, 4) is 0 Å². The topological polar surface area (TPSA) is 127 Å². The SMILES string of the molecule is Nc1nc2c(c(=O)[nH]1)C(c1nc3ccccc3o1)C1=C(N2)c2ccccc2C1=O. The molecule has 1 aliphatic carbocycles. The van der Waals surface area contributed by atoms with Gasteiger partial charge in [0.05, 0.1) is 11.3 Å². The lowest BCUT2D eigenvalue weighted by atomic mass is 9.87. The highest BCUT2D eigenvalue weighted by Gasteiger charge is 2.44. The average molecular weight is 383 g/mol. The lowest BCUT2D eigenvalue weighted by molar-refractivity contribution is 0.103. The van der Waals surface area contributed by atoms with Gasteiger partial charge in [-0.1, -0.05) is 36.4 Å². The third kappa shape index (κ3) is 2.08. The number of nitrogens with zero attached hydrogens (tertiary/aromatic N) is 2. The van der Waals surface area contributed by atoms with Gasteiger partial charge in [-0.3, -0.25) is 14.6 Å². The quantitative estimate of drug-likeness (QED) is 0.461. The van der Waals surface area contributed by atoms with E-state index in [9.17, 15) is 9.59 Å². The Bertz CT molecular complexity index is 1410. The van der Waals surface area contributed by atoms with Crippen LogP contribution in [0.5, 0.6) is 0 Å². The van der Waals surface area contributed by atoms with Gasteiger partial charge in [-0.05, 0) is 12.1 Å². The third-order valence-electron chi connectivity index (χ3n) is 5.31. The summed E-state index contributed by atoms with van der Waals surface area (Å²) in [6.07, 6.45) is 0. The molecule has 1 atom stereocenters. The van der Waals surface area contributed by atoms with Crippen molar-refractivity contribution in [2.45, 2.75) is 5.92 Å². The van der Waals surface area contributed by atoms with Crippen molar-refractivity contribution in [1.29, 1.82) is 0 Å². The zero-order valence-electron chi connectivity index (χ0n) is 14.9. The van der Waals surface area contributed by atoms with E-state index in [2.05, 4.69) is 20.3 Å². The fraction of sp³-hybridized carbons (Fsp3) is 0.0476. The van der Waals surface area contributed by atoms with E-state index < -0.39 is 11.5 Å². The van der Waals surface area contributed by atoms with Crippen LogP contribution in [-0.4, -0.2) is 20.7 Å². The number of nitrogen functional groups attached to an aromatic ring is 1. The smallest absolute Gasteiger partial charge is 0.258 e. The number of aromatic nitrogens is 3. The highest BCUT2D eigenvalue weighted by Crippen LogP contribution is 2.47. The molecule has 8 heteroatoms. The van der Waals surface area contributed by atoms with Crippen LogP contribution in [0.15, 0.2) is 63.3 Å². The van der Waals surface area contributed by atoms with E-state index in [4.69, 9.17) is 10.2 Å². The van der Waals surface area contributed by atoms with Gasteiger partial charge < -0.3 is 15.5 Å². The number of fused-ring (bicyclic) bond motifs is 4. The first-order valence-corrected chi connectivity index (χ1v) is 9.02. The molecule has 1 aliphatic heterocycles. The Morgan fingerprint density at radius 2 is 1.72 bits per heavy atom. The second-order valence-corrected chi connectivity index (χ2v) is 6.95. The zero-order chi connectivity index (χ0) is 19.7. The Morgan fingerprint density at radius 1 is 0.966 bits per heavy atom. The summed E-state index contributed by atoms with van der Waals surface area (Å²) in [4.78, 5) is 37.5. The van der Waals surface area contributed by atoms with Crippen LogP contribution in [0.1, 0.15) is 33.3 Å². The number of carbonyl (C=O) groups excluding carboxylic acids is 1. The number of nitrogens with one attached hydrogen (secondary N) is 2. The van der Waals surface area contributed by atoms with Gasteiger partial charge in [0, 0.05) is 16.7 Å². The van der Waals surface area contributed by atoms with Gasteiger partial charge in [-0.2, -0.15) is 4.98 Å². The molecule has 0 spiro atoms. The number of hydrogen-bond acceptors (Lipinski definition) is 7. The minimum atomic E-state index is -0.801. The van der Waals surface area contributed by atoms with Crippen molar-refractivity contribution in [3.05, 3.63) is 87.0 Å². The molecular formula is C21H13N5O3. The Hall–Kier alpha value is -4.20. The Balaban J connectivity index is 1.68. The lowest BCUT2D eigenvalue weighted by Gasteiger charge is -2.24. The number of rotatable bonds is 1. The molecule has 140 valence electrons. The molecule has 0 bridgehead atoms. The van der Waals surface area contributed by atoms with E-state index in [1.54, 1.807) is 18.2 Å². The number of oxazole rings is 1. The number of nitrogens with two attached hydrogens (primary N) is 1. The maximum atomic E-state index is 13.3. The van der Waals surface area contributed by atoms with Crippen molar-refractivity contribution < 1.29 is 9.21 Å². The Labute approximate surface area is 163 Å². The number of anilines is 2. The molecule has 2 aromatic carbocycles. The van der Waals surface area contributed by atoms with Crippen molar-refractivity contribution in [3.63, 3.8) is 0 Å². The number of hydrogen-bond donors (Lipinski definition) is 3. The molecule has 8 nitrogen and oxygen atoms in total. The van der Waals surface area contributed by atoms with E-state index in [1.165, 1.54) is 0 Å². The van der Waals surface area contributed by atoms with Crippen LogP contribution in [0.25, 0.3) is 16.8 Å². The van der Waals surface area contributed by atoms with Crippen molar-refractivity contribution in [2.24, 2.45) is 0 Å². The largest absolute Gasteiger partial charge is 0.440 e. The standard InChI is InChI=1S/C21H13N5O3/c22-21-25-18-15(19(28)26-21)13(20-23-11-7-3-4-8-12(11)29-20)14-16(24-18)9-5-1-2-6-10(9)17(14)27/h1-8,13H,(H4,22,24,25,26,28). The molecule has 6 rings (SSSR count). The van der Waals surface area contributed by atoms with Crippen molar-refractivity contribution in [2.75, 3.05) is 11.1 Å². The second kappa shape index (κ2) is 5.41. The van der Waals surface area contributed by atoms with Crippen LogP contribution < -0.4 is 16.6 Å². The summed E-state index contributed by atoms with van der Waals surface area (Å²) in [5, 5.41) is 3.14. The van der Waals surface area contributed by atoms with Crippen LogP contribution in [-0.2, 0) is 0 Å². The molecule has 0 radical (unpaired) electrons. The van der Waals surface area contributed by atoms with Crippen LogP contribution in [0.3, 0.4) is 0 Å². The van der Waals surface area contributed by atoms with Crippen molar-refractivity contribution in [1.82, 2.24) is 15.0 Å². The highest BCUT2D eigenvalue weighted by atomic mass is 16.3. The lowest BCUT2D eigenvalue weighted by Crippen LogP contribution is -2.28. The zero-order valence-corrected chi connectivity index (χ0v) is 14.9. The number of carbonyl (C=O) groups is 1. The second-order valence-electron chi connectivity index (χ2n) is 6.95. The molecule has 4 aromatic rings. The fourth-order valence-electron chi connectivity index (χ4n) is 4.10. The monoisotopic (exact) mass is 383 g/mol. The van der Waals surface area contributed by atoms with Crippen molar-refractivity contribution >= 4 is 34.3 Å². The summed E-state index contributed by atoms with van der Waals surface area (Å²) in [6.45, 7) is 0. The molecule has 2 aliphatic rings. The first-order chi connectivity index (χ1) is 14.1. The first-order valence-electron chi connectivity index (χ1n) is 9.02. The van der Waals surface area contributed by atoms with Crippen LogP contribution in [0.4, 0.5) is 11.8 Å². The van der Waals surface area contributed by atoms with Gasteiger partial charge in [0.25, 0.3) is 5.56 Å². The minimum Gasteiger partial charge on any atom is -0.440 e. The fourth-order valence-corrected chi connectivity index (χ4v) is 4.10. The third-order valence-corrected chi connectivity index (χ3v) is 5.31. The summed E-state index contributed by atoms with van der Waals surface area (Å²) >= 11 is 0. The molecule has 0 amide bonds. The number of para-hydroxylation sites is 2. The highest BCUT2D eigenvalue weighted by molar-refractivity contribution is 6.23. The molecule has 4 N–H and O–H groups in total. The number of H-pyrrole nitrogens is 1. The van der Waals surface area contributed by atoms with Crippen LogP contribution in [0.2, 0.25) is 0 Å². The van der Waals surface area contributed by atoms with Gasteiger partial charge in [0.1, 0.15) is 17.3 Å². The van der Waals surface area contributed by atoms with E-state index in [-0.39, 0.29) is 23.2 Å². The molecule has 1 unspecified atom stereocenters. The summed E-state index contributed by atoms with van der Waals surface area (Å²) in [5.74, 6) is -0.428. The number of allylic oxidation sites excluding steroid dienone is 1. The van der Waals surface area contributed by atoms with Gasteiger partial charge in [-0.25, -0.2) is 4.98 Å². The number of Topliss-reactive ketones (excluding diaryl/α,β-unsaturated/α-hetero) is 1. The maximum Gasteiger partial charge on any atom is 0.258 e. The van der Waals surface area contributed by atoms with Gasteiger partial charge >= 0.3 is 0 Å². The molecule has 3 heterocycles. The molecule has 0 saturated heterocycles. The predicted octanol–water partition coefficient (Wildman–Crippen LogP) is 2.66. The maximum absolute atomic E-state index is 13.3. The summed E-state index contributed by atoms with van der Waals surface area (Å²) in [6, 6.07) is 14.6. The molecule has 29 heavy (non-hydrogen) atoms. The predicted molar refractivity (Wildman–Crippen MR) is 106 cm³/mol. The van der Waals surface area contributed by atoms with E-state index >= 15 is 0 Å². The Morgan fingerprint density at radius 3 is 2.55 bits per heavy atom. The number of aromatic amines is 1. The van der Waals surface area contributed by atoms with E-state index in [0.29, 0.717) is 33.8 Å². The summed E-state index contributed by atoms with van der Waals surface area (Å²) in [7, 11) is 0. The number of ketones is 1. The first kappa shape index (κ1) is 15.8. The van der Waals surface area contributed by atoms with Crippen LogP contribution >= 0.6 is 0 Å². The molecule has 0 saturated carbocycles. The van der Waals surface area contributed by atoms with E-state index in [1.807, 2.05) is 30.3 Å². The Kier molecular flexibility index (Phi) is 2.95. The van der Waals surface area contributed by atoms with Gasteiger partial charge in [-0.15, -0.1) is 0 Å². The van der Waals surface area contributed by atoms with E-state index in [0.717, 1.165) is 5.56 Å². The van der Waals surface area contributed by atoms with Crippen LogP contribution in [0, 0.1) is 0 Å². The number of benzene rings is 2. The van der Waals surface area contributed by atoms with Gasteiger partial charge in [0.15, 0.2) is 11.4 Å². The molecule has 2 aromatic heterocycles. The molecular weight excluding hydrogens is 370 g/mol. The van der Waals surface area contributed by atoms with Gasteiger partial charge in [0.2, 0.25) is 11.8 Å². The normalized spacial score (nSPS) is 17.1. The average Bonchev–Trinajstić information content (AvgIpc) is 3.26. The summed E-state index contributed by atoms with van der Waals surface area (Å²) < 4.78 is 5.97.